The van der Waals surface area contributed by atoms with Crippen LogP contribution in [0.4, 0.5) is 11.6 Å². The fourth-order valence-electron chi connectivity index (χ4n) is 4.71. The van der Waals surface area contributed by atoms with Crippen molar-refractivity contribution >= 4 is 34.4 Å². The molecule has 6 rings (SSSR count). The normalized spacial score (nSPS) is 11.9. The average molecular weight is 532 g/mol. The second-order valence-electron chi connectivity index (χ2n) is 9.03. The van der Waals surface area contributed by atoms with Crippen LogP contribution in [0.2, 0.25) is 0 Å². The van der Waals surface area contributed by atoms with Crippen molar-refractivity contribution in [2.24, 2.45) is 11.5 Å². The first kappa shape index (κ1) is 24.5. The van der Waals surface area contributed by atoms with Crippen LogP contribution in [0.25, 0.3) is 28.0 Å². The van der Waals surface area contributed by atoms with Gasteiger partial charge in [0.25, 0.3) is 0 Å². The summed E-state index contributed by atoms with van der Waals surface area (Å²) in [5.74, 6) is -0.470. The fraction of sp³-hybridized carbons (Fsp3) is 0.0667. The van der Waals surface area contributed by atoms with E-state index in [0.717, 1.165) is 44.0 Å². The number of carbonyl (C=O) groups is 1. The molecule has 0 saturated carbocycles. The molecule has 2 aromatic carbocycles. The van der Waals surface area contributed by atoms with Crippen LogP contribution >= 0.6 is 11.3 Å². The second-order valence-corrected chi connectivity index (χ2v) is 10.0. The SMILES string of the molecule is NCc1cccc(Nc2nccc(-c3c(-c4cccc(C(C(N)=O)c5cccs5)c4)nn4ccccc34)n2)c1. The first-order chi connectivity index (χ1) is 19.1. The number of primary amides is 1. The number of hydrogen-bond donors (Lipinski definition) is 3. The summed E-state index contributed by atoms with van der Waals surface area (Å²) in [7, 11) is 0. The van der Waals surface area contributed by atoms with Gasteiger partial charge in [-0.3, -0.25) is 4.79 Å². The van der Waals surface area contributed by atoms with Gasteiger partial charge in [0.1, 0.15) is 5.69 Å². The number of fused-ring (bicyclic) bond motifs is 1. The smallest absolute Gasteiger partial charge is 0.230 e. The van der Waals surface area contributed by atoms with Crippen molar-refractivity contribution in [2.75, 3.05) is 5.32 Å². The lowest BCUT2D eigenvalue weighted by Crippen LogP contribution is -2.21. The topological polar surface area (TPSA) is 124 Å². The van der Waals surface area contributed by atoms with Gasteiger partial charge in [-0.25, -0.2) is 14.5 Å². The van der Waals surface area contributed by atoms with Gasteiger partial charge in [-0.1, -0.05) is 42.5 Å². The van der Waals surface area contributed by atoms with E-state index in [9.17, 15) is 4.79 Å². The number of anilines is 2. The van der Waals surface area contributed by atoms with Crippen LogP contribution in [0.15, 0.2) is 103 Å². The van der Waals surface area contributed by atoms with Crippen LogP contribution in [-0.2, 0) is 11.3 Å². The molecular weight excluding hydrogens is 506 g/mol. The van der Waals surface area contributed by atoms with E-state index in [2.05, 4.69) is 10.3 Å². The third-order valence-electron chi connectivity index (χ3n) is 6.48. The zero-order valence-corrected chi connectivity index (χ0v) is 21.7. The van der Waals surface area contributed by atoms with Crippen molar-refractivity contribution in [1.82, 2.24) is 19.6 Å². The zero-order valence-electron chi connectivity index (χ0n) is 20.9. The Balaban J connectivity index is 1.45. The molecule has 0 saturated heterocycles. The van der Waals surface area contributed by atoms with E-state index in [1.54, 1.807) is 6.20 Å². The molecule has 4 heterocycles. The van der Waals surface area contributed by atoms with Gasteiger partial charge < -0.3 is 16.8 Å². The molecule has 8 nitrogen and oxygen atoms in total. The van der Waals surface area contributed by atoms with Gasteiger partial charge in [-0.2, -0.15) is 5.10 Å². The summed E-state index contributed by atoms with van der Waals surface area (Å²) in [6.07, 6.45) is 3.63. The maximum atomic E-state index is 12.5. The summed E-state index contributed by atoms with van der Waals surface area (Å²) < 4.78 is 1.84. The van der Waals surface area contributed by atoms with Crippen LogP contribution in [0.3, 0.4) is 0 Å². The zero-order chi connectivity index (χ0) is 26.8. The number of thiophene rings is 1. The molecular formula is C30H25N7OS. The predicted molar refractivity (Wildman–Crippen MR) is 155 cm³/mol. The van der Waals surface area contributed by atoms with Gasteiger partial charge in [0, 0.05) is 35.1 Å². The molecule has 9 heteroatoms. The summed E-state index contributed by atoms with van der Waals surface area (Å²) in [5, 5.41) is 10.1. The minimum Gasteiger partial charge on any atom is -0.369 e. The molecule has 0 fully saturated rings. The molecule has 1 amide bonds. The standard InChI is InChI=1S/C30H25N7OS/c31-18-19-6-3-9-22(16-19)34-30-33-13-12-23(35-30)27-24-10-1-2-14-37(24)36-28(27)21-8-4-7-20(17-21)26(29(32)38)25-11-5-15-39-25/h1-17,26H,18,31H2,(H2,32,38)(H,33,34,35). The fourth-order valence-corrected chi connectivity index (χ4v) is 5.57. The lowest BCUT2D eigenvalue weighted by molar-refractivity contribution is -0.118. The highest BCUT2D eigenvalue weighted by atomic mass is 32.1. The van der Waals surface area contributed by atoms with Gasteiger partial charge in [0.15, 0.2) is 0 Å². The van der Waals surface area contributed by atoms with Gasteiger partial charge >= 0.3 is 0 Å². The van der Waals surface area contributed by atoms with E-state index >= 15 is 0 Å². The maximum absolute atomic E-state index is 12.5. The van der Waals surface area contributed by atoms with Crippen molar-refractivity contribution in [3.63, 3.8) is 0 Å². The molecule has 0 aliphatic carbocycles. The van der Waals surface area contributed by atoms with Crippen molar-refractivity contribution in [1.29, 1.82) is 0 Å². The number of nitrogens with two attached hydrogens (primary N) is 2. The molecule has 192 valence electrons. The number of nitrogens with one attached hydrogen (secondary N) is 1. The summed E-state index contributed by atoms with van der Waals surface area (Å²) in [5.41, 5.74) is 18.4. The van der Waals surface area contributed by atoms with Crippen molar-refractivity contribution in [2.45, 2.75) is 12.5 Å². The Morgan fingerprint density at radius 2 is 1.90 bits per heavy atom. The van der Waals surface area contributed by atoms with E-state index in [0.29, 0.717) is 18.2 Å². The number of carbonyl (C=O) groups excluding carboxylic acids is 1. The lowest BCUT2D eigenvalue weighted by atomic mass is 9.93. The second kappa shape index (κ2) is 10.5. The van der Waals surface area contributed by atoms with Crippen LogP contribution in [-0.4, -0.2) is 25.5 Å². The average Bonchev–Trinajstić information content (AvgIpc) is 3.62. The highest BCUT2D eigenvalue weighted by molar-refractivity contribution is 7.10. The molecule has 0 radical (unpaired) electrons. The largest absolute Gasteiger partial charge is 0.369 e. The minimum atomic E-state index is -0.537. The molecule has 1 unspecified atom stereocenters. The van der Waals surface area contributed by atoms with Crippen molar-refractivity contribution in [3.8, 4) is 22.5 Å². The summed E-state index contributed by atoms with van der Waals surface area (Å²) in [6.45, 7) is 0.449. The van der Waals surface area contributed by atoms with Crippen LogP contribution in [0, 0.1) is 0 Å². The molecule has 5 N–H and O–H groups in total. The van der Waals surface area contributed by atoms with E-state index in [1.165, 1.54) is 11.3 Å². The Kier molecular flexibility index (Phi) is 6.58. The first-order valence-electron chi connectivity index (χ1n) is 12.4. The molecule has 39 heavy (non-hydrogen) atoms. The number of hydrogen-bond acceptors (Lipinski definition) is 7. The Morgan fingerprint density at radius 1 is 1.00 bits per heavy atom. The number of nitrogens with zero attached hydrogens (tertiary/aromatic N) is 4. The molecule has 0 bridgehead atoms. The lowest BCUT2D eigenvalue weighted by Gasteiger charge is -2.13. The van der Waals surface area contributed by atoms with E-state index < -0.39 is 11.8 Å². The Bertz CT molecular complexity index is 1780. The van der Waals surface area contributed by atoms with Gasteiger partial charge in [-0.05, 0) is 59.0 Å². The van der Waals surface area contributed by atoms with E-state index in [-0.39, 0.29) is 0 Å². The van der Waals surface area contributed by atoms with Crippen molar-refractivity contribution in [3.05, 3.63) is 119 Å². The van der Waals surface area contributed by atoms with Crippen LogP contribution < -0.4 is 16.8 Å². The van der Waals surface area contributed by atoms with Gasteiger partial charge in [0.05, 0.1) is 22.7 Å². The van der Waals surface area contributed by atoms with Crippen LogP contribution in [0.5, 0.6) is 0 Å². The maximum Gasteiger partial charge on any atom is 0.230 e. The third-order valence-corrected chi connectivity index (χ3v) is 7.41. The molecule has 1 atom stereocenters. The number of benzene rings is 2. The highest BCUT2D eigenvalue weighted by Gasteiger charge is 2.23. The summed E-state index contributed by atoms with van der Waals surface area (Å²) in [4.78, 5) is 22.7. The predicted octanol–water partition coefficient (Wildman–Crippen LogP) is 5.34. The monoisotopic (exact) mass is 531 g/mol. The van der Waals surface area contributed by atoms with Crippen LogP contribution in [0.1, 0.15) is 21.9 Å². The Morgan fingerprint density at radius 3 is 2.72 bits per heavy atom. The number of amides is 1. The Hall–Kier alpha value is -4.86. The number of rotatable bonds is 8. The van der Waals surface area contributed by atoms with E-state index in [4.69, 9.17) is 21.5 Å². The quantitative estimate of drug-likeness (QED) is 0.244. The third kappa shape index (κ3) is 4.88. The molecule has 6 aromatic rings. The Labute approximate surface area is 229 Å². The molecule has 0 aliphatic heterocycles. The molecule has 4 aromatic heterocycles. The van der Waals surface area contributed by atoms with Gasteiger partial charge in [-0.15, -0.1) is 11.3 Å². The molecule has 0 spiro atoms. The van der Waals surface area contributed by atoms with E-state index in [1.807, 2.05) is 101 Å². The summed E-state index contributed by atoms with van der Waals surface area (Å²) >= 11 is 1.51. The minimum absolute atomic E-state index is 0.393. The number of pyridine rings is 1. The summed E-state index contributed by atoms with van der Waals surface area (Å²) in [6, 6.07) is 27.3. The van der Waals surface area contributed by atoms with Gasteiger partial charge in [0.2, 0.25) is 11.9 Å². The molecule has 0 aliphatic rings. The highest BCUT2D eigenvalue weighted by Crippen LogP contribution is 2.37. The first-order valence-corrected chi connectivity index (χ1v) is 13.3. The van der Waals surface area contributed by atoms with Crippen molar-refractivity contribution < 1.29 is 4.79 Å². The number of aromatic nitrogens is 4.